The summed E-state index contributed by atoms with van der Waals surface area (Å²) in [6.07, 6.45) is 6.02. The van der Waals surface area contributed by atoms with Crippen molar-refractivity contribution in [2.45, 2.75) is 45.1 Å². The molecule has 0 unspecified atom stereocenters. The minimum atomic E-state index is -0.904. The average Bonchev–Trinajstić information content (AvgIpc) is 3.20. The molecule has 0 saturated heterocycles. The molecule has 1 aromatic carbocycles. The largest absolute Gasteiger partial charge is 0.328 e. The van der Waals surface area contributed by atoms with Crippen molar-refractivity contribution in [3.05, 3.63) is 63.9 Å². The third kappa shape index (κ3) is 4.67. The van der Waals surface area contributed by atoms with Crippen LogP contribution in [0.15, 0.2) is 36.0 Å². The van der Waals surface area contributed by atoms with Gasteiger partial charge in [0.2, 0.25) is 0 Å². The number of benzene rings is 1. The number of amides is 1. The minimum absolute atomic E-state index is 0.0408. The summed E-state index contributed by atoms with van der Waals surface area (Å²) in [7, 11) is 0. The number of pyridine rings is 1. The lowest BCUT2D eigenvalue weighted by atomic mass is 9.68. The molecule has 1 amide bonds. The van der Waals surface area contributed by atoms with Crippen LogP contribution in [0, 0.1) is 17.0 Å². The van der Waals surface area contributed by atoms with Gasteiger partial charge < -0.3 is 11.1 Å². The molecule has 168 valence electrons. The number of aromatic nitrogens is 2. The smallest absolute Gasteiger partial charge is 0.275 e. The van der Waals surface area contributed by atoms with Crippen molar-refractivity contribution in [2.24, 2.45) is 11.1 Å². The highest BCUT2D eigenvalue weighted by Gasteiger charge is 2.34. The van der Waals surface area contributed by atoms with Crippen molar-refractivity contribution >= 4 is 34.5 Å². The van der Waals surface area contributed by atoms with Crippen molar-refractivity contribution in [2.75, 3.05) is 5.32 Å². The molecule has 0 spiro atoms. The first-order chi connectivity index (χ1) is 15.1. The quantitative estimate of drug-likeness (QED) is 0.452. The molecule has 4 rings (SSSR count). The Hall–Kier alpha value is -2.42. The molecule has 1 aliphatic rings. The van der Waals surface area contributed by atoms with Crippen LogP contribution in [0.5, 0.6) is 0 Å². The molecule has 0 aliphatic heterocycles. The molecule has 1 saturated carbocycles. The number of halogens is 3. The number of nitrogens with two attached hydrogens (primary N) is 1. The van der Waals surface area contributed by atoms with Crippen LogP contribution < -0.4 is 11.1 Å². The highest BCUT2D eigenvalue weighted by Crippen LogP contribution is 2.44. The zero-order valence-electron chi connectivity index (χ0n) is 17.7. The number of nitrogens with zero attached hydrogens (tertiary/aromatic N) is 2. The maximum atomic E-state index is 14.3. The van der Waals surface area contributed by atoms with Gasteiger partial charge in [-0.1, -0.05) is 25.4 Å². The van der Waals surface area contributed by atoms with Crippen molar-refractivity contribution in [1.82, 2.24) is 9.97 Å². The van der Waals surface area contributed by atoms with Gasteiger partial charge in [0.1, 0.15) is 16.5 Å². The first kappa shape index (κ1) is 22.8. The molecular formula is C23H23ClF2N4OS. The summed E-state index contributed by atoms with van der Waals surface area (Å²) >= 11 is 6.74. The van der Waals surface area contributed by atoms with Gasteiger partial charge in [-0.15, -0.1) is 11.3 Å². The zero-order valence-corrected chi connectivity index (χ0v) is 19.2. The third-order valence-corrected chi connectivity index (χ3v) is 6.89. The second-order valence-electron chi connectivity index (χ2n) is 8.94. The first-order valence-corrected chi connectivity index (χ1v) is 11.5. The van der Waals surface area contributed by atoms with Gasteiger partial charge in [-0.25, -0.2) is 13.8 Å². The van der Waals surface area contributed by atoms with Gasteiger partial charge in [0.05, 0.1) is 22.5 Å². The highest BCUT2D eigenvalue weighted by atomic mass is 35.5. The van der Waals surface area contributed by atoms with Crippen LogP contribution in [0.1, 0.15) is 55.1 Å². The predicted octanol–water partition coefficient (Wildman–Crippen LogP) is 6.01. The van der Waals surface area contributed by atoms with E-state index in [0.717, 1.165) is 48.3 Å². The monoisotopic (exact) mass is 476 g/mol. The molecule has 5 nitrogen and oxygen atoms in total. The second-order valence-corrected chi connectivity index (χ2v) is 10.2. The van der Waals surface area contributed by atoms with Gasteiger partial charge in [-0.05, 0) is 54.4 Å². The van der Waals surface area contributed by atoms with E-state index < -0.39 is 17.5 Å². The zero-order chi connectivity index (χ0) is 23.0. The highest BCUT2D eigenvalue weighted by molar-refractivity contribution is 7.13. The molecule has 2 heterocycles. The van der Waals surface area contributed by atoms with E-state index in [2.05, 4.69) is 29.1 Å². The number of thiazole rings is 1. The van der Waals surface area contributed by atoms with Crippen LogP contribution in [0.4, 0.5) is 14.5 Å². The number of nitrogens with one attached hydrogen (secondary N) is 1. The summed E-state index contributed by atoms with van der Waals surface area (Å²) in [5.41, 5.74) is 7.66. The Morgan fingerprint density at radius 1 is 1.28 bits per heavy atom. The number of hydrogen-bond donors (Lipinski definition) is 2. The van der Waals surface area contributed by atoms with Gasteiger partial charge in [0, 0.05) is 17.6 Å². The number of anilines is 1. The Kier molecular flexibility index (Phi) is 6.29. The lowest BCUT2D eigenvalue weighted by Crippen LogP contribution is -2.36. The fourth-order valence-corrected chi connectivity index (χ4v) is 5.49. The maximum absolute atomic E-state index is 14.3. The van der Waals surface area contributed by atoms with Gasteiger partial charge >= 0.3 is 0 Å². The lowest BCUT2D eigenvalue weighted by molar-refractivity contribution is 0.102. The Morgan fingerprint density at radius 3 is 2.81 bits per heavy atom. The SMILES string of the molecule is CC1(C)C[C@H](N)C[C@H](c2ccncc2NC(=O)c2csc(-c3c(F)ccc(Cl)c3F)n2)C1. The Morgan fingerprint density at radius 2 is 2.06 bits per heavy atom. The van der Waals surface area contributed by atoms with Crippen molar-refractivity contribution in [1.29, 1.82) is 0 Å². The van der Waals surface area contributed by atoms with Crippen LogP contribution in [0.3, 0.4) is 0 Å². The van der Waals surface area contributed by atoms with Crippen LogP contribution >= 0.6 is 22.9 Å². The Labute approximate surface area is 194 Å². The molecule has 2 aromatic heterocycles. The van der Waals surface area contributed by atoms with Crippen molar-refractivity contribution in [3.63, 3.8) is 0 Å². The molecule has 1 fully saturated rings. The maximum Gasteiger partial charge on any atom is 0.275 e. The number of carbonyl (C=O) groups is 1. The van der Waals surface area contributed by atoms with E-state index in [9.17, 15) is 13.6 Å². The summed E-state index contributed by atoms with van der Waals surface area (Å²) in [5.74, 6) is -1.99. The second kappa shape index (κ2) is 8.84. The minimum Gasteiger partial charge on any atom is -0.328 e. The molecule has 0 bridgehead atoms. The molecule has 3 aromatic rings. The average molecular weight is 477 g/mol. The van der Waals surface area contributed by atoms with Crippen LogP contribution in [0.25, 0.3) is 10.6 Å². The number of carbonyl (C=O) groups excluding carboxylic acids is 1. The fourth-order valence-electron chi connectivity index (χ4n) is 4.50. The molecule has 3 N–H and O–H groups in total. The molecular weight excluding hydrogens is 454 g/mol. The predicted molar refractivity (Wildman–Crippen MR) is 123 cm³/mol. The van der Waals surface area contributed by atoms with Crippen molar-refractivity contribution in [3.8, 4) is 10.6 Å². The van der Waals surface area contributed by atoms with Crippen LogP contribution in [-0.2, 0) is 0 Å². The summed E-state index contributed by atoms with van der Waals surface area (Å²) in [6.45, 7) is 4.40. The lowest BCUT2D eigenvalue weighted by Gasteiger charge is -2.39. The third-order valence-electron chi connectivity index (χ3n) is 5.74. The first-order valence-electron chi connectivity index (χ1n) is 10.2. The van der Waals surface area contributed by atoms with E-state index in [0.29, 0.717) is 5.69 Å². The summed E-state index contributed by atoms with van der Waals surface area (Å²) in [6, 6.07) is 4.20. The van der Waals surface area contributed by atoms with Gasteiger partial charge in [0.25, 0.3) is 5.91 Å². The normalized spacial score (nSPS) is 20.2. The van der Waals surface area contributed by atoms with E-state index >= 15 is 0 Å². The standard InChI is InChI=1S/C23H23ClF2N4OS/c1-23(2)8-12(7-13(27)9-23)14-5-6-28-10-17(14)29-21(31)18-11-32-22(30-18)19-16(25)4-3-15(24)20(19)26/h3-6,10-13H,7-9,27H2,1-2H3,(H,29,31)/t12-,13+/m0/s1. The van der Waals surface area contributed by atoms with Gasteiger partial charge in [0.15, 0.2) is 5.82 Å². The van der Waals surface area contributed by atoms with E-state index in [1.165, 1.54) is 5.38 Å². The Balaban J connectivity index is 1.59. The molecule has 32 heavy (non-hydrogen) atoms. The van der Waals surface area contributed by atoms with E-state index in [1.807, 2.05) is 6.07 Å². The van der Waals surface area contributed by atoms with E-state index in [1.54, 1.807) is 12.4 Å². The Bertz CT molecular complexity index is 1170. The summed E-state index contributed by atoms with van der Waals surface area (Å²) in [5, 5.41) is 4.15. The molecule has 9 heteroatoms. The summed E-state index contributed by atoms with van der Waals surface area (Å²) < 4.78 is 28.5. The molecule has 0 radical (unpaired) electrons. The number of rotatable bonds is 4. The number of hydrogen-bond acceptors (Lipinski definition) is 5. The topological polar surface area (TPSA) is 80.9 Å². The van der Waals surface area contributed by atoms with Crippen molar-refractivity contribution < 1.29 is 13.6 Å². The van der Waals surface area contributed by atoms with Gasteiger partial charge in [-0.2, -0.15) is 0 Å². The van der Waals surface area contributed by atoms with Crippen LogP contribution in [0.2, 0.25) is 5.02 Å². The van der Waals surface area contributed by atoms with Crippen LogP contribution in [-0.4, -0.2) is 21.9 Å². The summed E-state index contributed by atoms with van der Waals surface area (Å²) in [4.78, 5) is 21.2. The van der Waals surface area contributed by atoms with E-state index in [-0.39, 0.29) is 38.7 Å². The van der Waals surface area contributed by atoms with E-state index in [4.69, 9.17) is 17.3 Å². The molecule has 1 aliphatic carbocycles. The fraction of sp³-hybridized carbons (Fsp3) is 0.348. The molecule has 2 atom stereocenters. The van der Waals surface area contributed by atoms with Gasteiger partial charge in [-0.3, -0.25) is 9.78 Å².